The van der Waals surface area contributed by atoms with Crippen LogP contribution in [0.1, 0.15) is 25.7 Å². The Morgan fingerprint density at radius 1 is 0.692 bits per heavy atom. The van der Waals surface area contributed by atoms with E-state index in [0.717, 1.165) is 42.6 Å². The van der Waals surface area contributed by atoms with Crippen LogP contribution in [0.2, 0.25) is 0 Å². The van der Waals surface area contributed by atoms with Crippen LogP contribution in [-0.4, -0.2) is 47.9 Å². The lowest BCUT2D eigenvalue weighted by molar-refractivity contribution is 0.0536. The number of ether oxygens (including phenoxy) is 2. The topological polar surface area (TPSA) is 79.2 Å². The number of aliphatic hydroxyl groups excluding tert-OH is 3. The summed E-state index contributed by atoms with van der Waals surface area (Å²) in [7, 11) is 0. The van der Waals surface area contributed by atoms with Crippen molar-refractivity contribution < 1.29 is 24.8 Å². The highest BCUT2D eigenvalue weighted by atomic mass is 16.5. The average molecular weight is 360 g/mol. The molecule has 26 heavy (non-hydrogen) atoms. The van der Waals surface area contributed by atoms with E-state index in [9.17, 15) is 5.11 Å². The maximum absolute atomic E-state index is 9.30. The second kappa shape index (κ2) is 11.5. The van der Waals surface area contributed by atoms with Gasteiger partial charge in [-0.2, -0.15) is 0 Å². The molecular weight excluding hydrogens is 332 g/mol. The normalized spacial score (nSPS) is 12.0. The average Bonchev–Trinajstić information content (AvgIpc) is 2.69. The summed E-state index contributed by atoms with van der Waals surface area (Å²) in [5.74, 6) is 1.51. The van der Waals surface area contributed by atoms with Crippen molar-refractivity contribution in [2.45, 2.75) is 31.8 Å². The fourth-order valence-corrected chi connectivity index (χ4v) is 2.49. The number of hydrogen-bond donors (Lipinski definition) is 3. The molecule has 3 N–H and O–H groups in total. The first-order chi connectivity index (χ1) is 12.7. The third kappa shape index (κ3) is 7.04. The molecule has 142 valence electrons. The molecule has 0 aliphatic rings. The molecule has 0 radical (unpaired) electrons. The largest absolute Gasteiger partial charge is 0.494 e. The molecule has 0 spiro atoms. The predicted octanol–water partition coefficient (Wildman–Crippen LogP) is 3.02. The third-order valence-corrected chi connectivity index (χ3v) is 4.02. The molecule has 0 amide bonds. The van der Waals surface area contributed by atoms with E-state index in [0.29, 0.717) is 12.4 Å². The molecule has 0 aromatic heterocycles. The van der Waals surface area contributed by atoms with E-state index in [1.165, 1.54) is 0 Å². The smallest absolute Gasteiger partial charge is 0.119 e. The summed E-state index contributed by atoms with van der Waals surface area (Å²) in [5, 5.41) is 26.8. The summed E-state index contributed by atoms with van der Waals surface area (Å²) in [5.41, 5.74) is 2.15. The van der Waals surface area contributed by atoms with Gasteiger partial charge in [0, 0.05) is 6.61 Å². The lowest BCUT2D eigenvalue weighted by Crippen LogP contribution is -2.21. The number of aliphatic hydroxyl groups is 3. The second-order valence-corrected chi connectivity index (χ2v) is 6.18. The molecule has 2 rings (SSSR count). The predicted molar refractivity (Wildman–Crippen MR) is 102 cm³/mol. The SMILES string of the molecule is OCCCCCCOc1ccc(-c2ccc(OCC(O)CO)cc2)cc1. The van der Waals surface area contributed by atoms with Gasteiger partial charge in [0.1, 0.15) is 24.2 Å². The van der Waals surface area contributed by atoms with Gasteiger partial charge in [0.2, 0.25) is 0 Å². The van der Waals surface area contributed by atoms with Crippen LogP contribution < -0.4 is 9.47 Å². The van der Waals surface area contributed by atoms with E-state index in [-0.39, 0.29) is 19.8 Å². The Bertz CT molecular complexity index is 609. The minimum absolute atomic E-state index is 0.0713. The highest BCUT2D eigenvalue weighted by Gasteiger charge is 2.04. The van der Waals surface area contributed by atoms with Gasteiger partial charge in [0.05, 0.1) is 13.2 Å². The van der Waals surface area contributed by atoms with Crippen molar-refractivity contribution in [1.82, 2.24) is 0 Å². The monoisotopic (exact) mass is 360 g/mol. The van der Waals surface area contributed by atoms with E-state index in [2.05, 4.69) is 0 Å². The van der Waals surface area contributed by atoms with Gasteiger partial charge in [-0.3, -0.25) is 0 Å². The fourth-order valence-electron chi connectivity index (χ4n) is 2.49. The van der Waals surface area contributed by atoms with E-state index in [1.807, 2.05) is 48.5 Å². The maximum Gasteiger partial charge on any atom is 0.119 e. The van der Waals surface area contributed by atoms with Gasteiger partial charge in [0.25, 0.3) is 0 Å². The van der Waals surface area contributed by atoms with Crippen LogP contribution in [0.5, 0.6) is 11.5 Å². The zero-order chi connectivity index (χ0) is 18.6. The molecule has 0 aliphatic heterocycles. The van der Waals surface area contributed by atoms with E-state index in [4.69, 9.17) is 19.7 Å². The maximum atomic E-state index is 9.30. The van der Waals surface area contributed by atoms with Gasteiger partial charge in [0.15, 0.2) is 0 Å². The summed E-state index contributed by atoms with van der Waals surface area (Å²) in [6, 6.07) is 15.6. The number of rotatable bonds is 12. The van der Waals surface area contributed by atoms with E-state index in [1.54, 1.807) is 0 Å². The third-order valence-electron chi connectivity index (χ3n) is 4.02. The van der Waals surface area contributed by atoms with Crippen LogP contribution in [-0.2, 0) is 0 Å². The molecule has 5 nitrogen and oxygen atoms in total. The Kier molecular flexibility index (Phi) is 8.96. The van der Waals surface area contributed by atoms with Crippen LogP contribution in [0, 0.1) is 0 Å². The molecule has 2 aromatic rings. The highest BCUT2D eigenvalue weighted by Crippen LogP contribution is 2.24. The number of hydrogen-bond acceptors (Lipinski definition) is 5. The second-order valence-electron chi connectivity index (χ2n) is 6.18. The van der Waals surface area contributed by atoms with Crippen molar-refractivity contribution >= 4 is 0 Å². The fraction of sp³-hybridized carbons (Fsp3) is 0.429. The summed E-state index contributed by atoms with van der Waals surface area (Å²) < 4.78 is 11.1. The van der Waals surface area contributed by atoms with Crippen LogP contribution in [0.4, 0.5) is 0 Å². The van der Waals surface area contributed by atoms with Gasteiger partial charge in [-0.05, 0) is 54.7 Å². The van der Waals surface area contributed by atoms with Gasteiger partial charge < -0.3 is 24.8 Å². The quantitative estimate of drug-likeness (QED) is 0.507. The van der Waals surface area contributed by atoms with Crippen molar-refractivity contribution in [3.8, 4) is 22.6 Å². The van der Waals surface area contributed by atoms with Crippen molar-refractivity contribution in [3.63, 3.8) is 0 Å². The Hall–Kier alpha value is -2.08. The molecule has 0 aliphatic carbocycles. The summed E-state index contributed by atoms with van der Waals surface area (Å²) in [4.78, 5) is 0. The zero-order valence-corrected chi connectivity index (χ0v) is 15.0. The van der Waals surface area contributed by atoms with Gasteiger partial charge in [-0.15, -0.1) is 0 Å². The molecule has 1 unspecified atom stereocenters. The van der Waals surface area contributed by atoms with Crippen LogP contribution >= 0.6 is 0 Å². The molecule has 0 saturated carbocycles. The first kappa shape index (κ1) is 20.2. The molecule has 0 bridgehead atoms. The number of benzene rings is 2. The Morgan fingerprint density at radius 2 is 1.23 bits per heavy atom. The molecule has 0 fully saturated rings. The molecule has 5 heteroatoms. The van der Waals surface area contributed by atoms with Crippen LogP contribution in [0.25, 0.3) is 11.1 Å². The zero-order valence-electron chi connectivity index (χ0n) is 15.0. The highest BCUT2D eigenvalue weighted by molar-refractivity contribution is 5.64. The molecule has 0 saturated heterocycles. The molecule has 1 atom stereocenters. The Morgan fingerprint density at radius 3 is 1.77 bits per heavy atom. The van der Waals surface area contributed by atoms with E-state index >= 15 is 0 Å². The van der Waals surface area contributed by atoms with Gasteiger partial charge >= 0.3 is 0 Å². The minimum atomic E-state index is -0.864. The molecule has 0 heterocycles. The first-order valence-electron chi connectivity index (χ1n) is 9.09. The number of unbranched alkanes of at least 4 members (excludes halogenated alkanes) is 3. The van der Waals surface area contributed by atoms with Crippen LogP contribution in [0.3, 0.4) is 0 Å². The van der Waals surface area contributed by atoms with Crippen molar-refractivity contribution in [2.24, 2.45) is 0 Å². The lowest BCUT2D eigenvalue weighted by Gasteiger charge is -2.11. The van der Waals surface area contributed by atoms with Gasteiger partial charge in [-0.1, -0.05) is 30.7 Å². The summed E-state index contributed by atoms with van der Waals surface area (Å²) in [6.45, 7) is 0.716. The summed E-state index contributed by atoms with van der Waals surface area (Å²) in [6.07, 6.45) is 3.10. The lowest BCUT2D eigenvalue weighted by atomic mass is 10.1. The Balaban J connectivity index is 1.80. The standard InChI is InChI=1S/C21H28O5/c22-13-3-1-2-4-14-25-20-9-5-17(6-10-20)18-7-11-21(12-8-18)26-16-19(24)15-23/h5-12,19,22-24H,1-4,13-16H2. The van der Waals surface area contributed by atoms with Gasteiger partial charge in [-0.25, -0.2) is 0 Å². The van der Waals surface area contributed by atoms with Crippen LogP contribution in [0.15, 0.2) is 48.5 Å². The molecular formula is C21H28O5. The minimum Gasteiger partial charge on any atom is -0.494 e. The van der Waals surface area contributed by atoms with Crippen molar-refractivity contribution in [3.05, 3.63) is 48.5 Å². The Labute approximate surface area is 154 Å². The van der Waals surface area contributed by atoms with Crippen molar-refractivity contribution in [1.29, 1.82) is 0 Å². The van der Waals surface area contributed by atoms with E-state index < -0.39 is 6.10 Å². The molecule has 2 aromatic carbocycles. The first-order valence-corrected chi connectivity index (χ1v) is 9.09. The summed E-state index contributed by atoms with van der Waals surface area (Å²) >= 11 is 0. The van der Waals surface area contributed by atoms with Crippen molar-refractivity contribution in [2.75, 3.05) is 26.4 Å².